The van der Waals surface area contributed by atoms with Gasteiger partial charge >= 0.3 is 0 Å². The van der Waals surface area contributed by atoms with E-state index in [1.54, 1.807) is 26.0 Å². The highest BCUT2D eigenvalue weighted by Crippen LogP contribution is 2.44. The van der Waals surface area contributed by atoms with E-state index >= 15 is 0 Å². The van der Waals surface area contributed by atoms with Gasteiger partial charge in [-0.2, -0.15) is 0 Å². The zero-order valence-electron chi connectivity index (χ0n) is 7.52. The molecule has 1 fully saturated rings. The number of hydrogen-bond donors (Lipinski definition) is 2. The van der Waals surface area contributed by atoms with Crippen LogP contribution in [0.25, 0.3) is 0 Å². The van der Waals surface area contributed by atoms with Crippen LogP contribution in [0.4, 0.5) is 0 Å². The molecule has 0 spiro atoms. The maximum absolute atomic E-state index is 9.87. The molecular formula is C9H12O4. The third-order valence-electron chi connectivity index (χ3n) is 2.07. The molecule has 4 nitrogen and oxygen atoms in total. The highest BCUT2D eigenvalue weighted by atomic mass is 16.9. The predicted octanol–water partition coefficient (Wildman–Crippen LogP) is 0.273. The molecule has 0 amide bonds. The molecular weight excluding hydrogens is 172 g/mol. The van der Waals surface area contributed by atoms with Crippen LogP contribution in [-0.2, 0) is 9.47 Å². The highest BCUT2D eigenvalue weighted by molar-refractivity contribution is 5.25. The molecule has 2 atom stereocenters. The topological polar surface area (TPSA) is 58.9 Å². The van der Waals surface area contributed by atoms with Crippen molar-refractivity contribution in [2.24, 2.45) is 0 Å². The first kappa shape index (κ1) is 8.90. The number of rotatable bonds is 0. The fraction of sp³-hybridized carbons (Fsp3) is 0.556. The van der Waals surface area contributed by atoms with Gasteiger partial charge in [-0.1, -0.05) is 12.2 Å². The highest BCUT2D eigenvalue weighted by Gasteiger charge is 2.61. The van der Waals surface area contributed by atoms with Gasteiger partial charge in [0.25, 0.3) is 0 Å². The molecule has 2 N–H and O–H groups in total. The second-order valence-corrected chi connectivity index (χ2v) is 3.72. The van der Waals surface area contributed by atoms with Crippen LogP contribution in [0.3, 0.4) is 0 Å². The molecule has 1 aliphatic heterocycles. The van der Waals surface area contributed by atoms with Gasteiger partial charge < -0.3 is 19.7 Å². The molecule has 72 valence electrons. The minimum atomic E-state index is -1.77. The van der Waals surface area contributed by atoms with Crippen LogP contribution in [0.5, 0.6) is 0 Å². The number of hydrogen-bond acceptors (Lipinski definition) is 4. The van der Waals surface area contributed by atoms with Gasteiger partial charge in [0.05, 0.1) is 0 Å². The van der Waals surface area contributed by atoms with Crippen molar-refractivity contribution in [3.05, 3.63) is 24.3 Å². The van der Waals surface area contributed by atoms with Crippen LogP contribution in [0.2, 0.25) is 0 Å². The van der Waals surface area contributed by atoms with Crippen LogP contribution in [0.15, 0.2) is 24.3 Å². The number of ether oxygens (including phenoxy) is 2. The quantitative estimate of drug-likeness (QED) is 0.567. The molecule has 0 bridgehead atoms. The smallest absolute Gasteiger partial charge is 0.248 e. The van der Waals surface area contributed by atoms with Crippen LogP contribution >= 0.6 is 0 Å². The predicted molar refractivity (Wildman–Crippen MR) is 44.4 cm³/mol. The van der Waals surface area contributed by atoms with Crippen molar-refractivity contribution in [1.29, 1.82) is 0 Å². The minimum Gasteiger partial charge on any atom is -0.358 e. The molecule has 1 heterocycles. The van der Waals surface area contributed by atoms with Crippen LogP contribution < -0.4 is 0 Å². The standard InChI is InChI=1S/C9H12O4/c1-7(2)12-8(10)5-3-4-6-9(8,11)13-7/h3-6,10-11H,1-2H3/t8-,9+. The summed E-state index contributed by atoms with van der Waals surface area (Å²) in [6.45, 7) is 3.26. The average Bonchev–Trinajstić information content (AvgIpc) is 2.12. The van der Waals surface area contributed by atoms with Crippen molar-refractivity contribution in [2.75, 3.05) is 0 Å². The number of aliphatic hydroxyl groups is 2. The first-order valence-corrected chi connectivity index (χ1v) is 4.09. The lowest BCUT2D eigenvalue weighted by Crippen LogP contribution is -2.49. The zero-order chi connectivity index (χ0) is 9.74. The summed E-state index contributed by atoms with van der Waals surface area (Å²) >= 11 is 0. The van der Waals surface area contributed by atoms with Gasteiger partial charge in [-0.15, -0.1) is 0 Å². The summed E-state index contributed by atoms with van der Waals surface area (Å²) in [5.41, 5.74) is 0. The normalized spacial score (nSPS) is 46.5. The average molecular weight is 184 g/mol. The Bertz CT molecular complexity index is 266. The van der Waals surface area contributed by atoms with Crippen molar-refractivity contribution in [3.63, 3.8) is 0 Å². The van der Waals surface area contributed by atoms with Gasteiger partial charge in [-0.3, -0.25) is 0 Å². The van der Waals surface area contributed by atoms with Gasteiger partial charge in [-0.25, -0.2) is 0 Å². The van der Waals surface area contributed by atoms with E-state index in [0.29, 0.717) is 0 Å². The summed E-state index contributed by atoms with van der Waals surface area (Å²) in [5, 5.41) is 19.7. The van der Waals surface area contributed by atoms with E-state index in [0.717, 1.165) is 0 Å². The second kappa shape index (κ2) is 2.22. The molecule has 0 radical (unpaired) electrons. The first-order valence-electron chi connectivity index (χ1n) is 4.09. The van der Waals surface area contributed by atoms with Gasteiger partial charge in [-0.05, 0) is 26.0 Å². The van der Waals surface area contributed by atoms with Crippen LogP contribution in [-0.4, -0.2) is 27.6 Å². The molecule has 1 saturated heterocycles. The van der Waals surface area contributed by atoms with Crippen molar-refractivity contribution in [1.82, 2.24) is 0 Å². The number of fused-ring (bicyclic) bond motifs is 1. The van der Waals surface area contributed by atoms with Crippen molar-refractivity contribution in [3.8, 4) is 0 Å². The molecule has 0 aromatic rings. The van der Waals surface area contributed by atoms with E-state index in [-0.39, 0.29) is 0 Å². The van der Waals surface area contributed by atoms with E-state index in [1.165, 1.54) is 12.2 Å². The molecule has 0 saturated carbocycles. The Morgan fingerprint density at radius 1 is 0.923 bits per heavy atom. The lowest BCUT2D eigenvalue weighted by molar-refractivity contribution is -0.241. The minimum absolute atomic E-state index is 0.998. The zero-order valence-corrected chi connectivity index (χ0v) is 7.52. The Kier molecular flexibility index (Phi) is 1.52. The third-order valence-corrected chi connectivity index (χ3v) is 2.07. The Hall–Kier alpha value is -0.680. The van der Waals surface area contributed by atoms with E-state index in [1.807, 2.05) is 0 Å². The Balaban J connectivity index is 2.43. The van der Waals surface area contributed by atoms with Crippen LogP contribution in [0, 0.1) is 0 Å². The van der Waals surface area contributed by atoms with E-state index in [4.69, 9.17) is 9.47 Å². The van der Waals surface area contributed by atoms with Crippen molar-refractivity contribution >= 4 is 0 Å². The maximum atomic E-state index is 9.87. The Labute approximate surface area is 76.1 Å². The fourth-order valence-electron chi connectivity index (χ4n) is 1.60. The second-order valence-electron chi connectivity index (χ2n) is 3.72. The van der Waals surface area contributed by atoms with Gasteiger partial charge in [0.1, 0.15) is 0 Å². The van der Waals surface area contributed by atoms with Crippen LogP contribution in [0.1, 0.15) is 13.8 Å². The molecule has 1 aliphatic carbocycles. The largest absolute Gasteiger partial charge is 0.358 e. The van der Waals surface area contributed by atoms with Gasteiger partial charge in [0.2, 0.25) is 11.6 Å². The lowest BCUT2D eigenvalue weighted by Gasteiger charge is -2.30. The van der Waals surface area contributed by atoms with Crippen molar-refractivity contribution in [2.45, 2.75) is 31.2 Å². The Morgan fingerprint density at radius 2 is 1.31 bits per heavy atom. The molecule has 13 heavy (non-hydrogen) atoms. The summed E-state index contributed by atoms with van der Waals surface area (Å²) in [6.07, 6.45) is 5.92. The molecule has 4 heteroatoms. The monoisotopic (exact) mass is 184 g/mol. The van der Waals surface area contributed by atoms with Gasteiger partial charge in [0, 0.05) is 0 Å². The summed E-state index contributed by atoms with van der Waals surface area (Å²) in [6, 6.07) is 0. The first-order chi connectivity index (χ1) is 5.87. The molecule has 2 rings (SSSR count). The SMILES string of the molecule is CC1(C)O[C@]2(O)C=CC=C[C@]2(O)O1. The van der Waals surface area contributed by atoms with Crippen molar-refractivity contribution < 1.29 is 19.7 Å². The van der Waals surface area contributed by atoms with E-state index < -0.39 is 17.4 Å². The Morgan fingerprint density at radius 3 is 1.69 bits per heavy atom. The van der Waals surface area contributed by atoms with E-state index in [2.05, 4.69) is 0 Å². The maximum Gasteiger partial charge on any atom is 0.248 e. The molecule has 0 unspecified atom stereocenters. The number of allylic oxidation sites excluding steroid dienone is 2. The molecule has 0 aromatic carbocycles. The molecule has 0 aromatic heterocycles. The lowest BCUT2D eigenvalue weighted by atomic mass is 10.0. The van der Waals surface area contributed by atoms with Gasteiger partial charge in [0.15, 0.2) is 5.79 Å². The molecule has 2 aliphatic rings. The summed E-state index contributed by atoms with van der Waals surface area (Å²) in [5.74, 6) is -4.54. The summed E-state index contributed by atoms with van der Waals surface area (Å²) in [7, 11) is 0. The summed E-state index contributed by atoms with van der Waals surface area (Å²) < 4.78 is 10.4. The summed E-state index contributed by atoms with van der Waals surface area (Å²) in [4.78, 5) is 0. The third kappa shape index (κ3) is 1.14. The fourth-order valence-corrected chi connectivity index (χ4v) is 1.60. The van der Waals surface area contributed by atoms with E-state index in [9.17, 15) is 10.2 Å².